The molecule has 0 aromatic heterocycles. The Morgan fingerprint density at radius 1 is 0.917 bits per heavy atom. The van der Waals surface area contributed by atoms with Gasteiger partial charge in [-0.3, -0.25) is 0 Å². The summed E-state index contributed by atoms with van der Waals surface area (Å²) in [5.74, 6) is 0.898. The summed E-state index contributed by atoms with van der Waals surface area (Å²) in [5, 5.41) is 5.02. The molecule has 1 amide bonds. The second kappa shape index (κ2) is 9.72. The first kappa shape index (κ1) is 25.4. The molecule has 0 spiro atoms. The Morgan fingerprint density at radius 3 is 2.28 bits per heavy atom. The lowest BCUT2D eigenvalue weighted by molar-refractivity contribution is -0.149. The number of aryl methyl sites for hydroxylation is 1. The van der Waals surface area contributed by atoms with Crippen molar-refractivity contribution < 1.29 is 23.8 Å². The Hall–Kier alpha value is -3.74. The fourth-order valence-corrected chi connectivity index (χ4v) is 4.55. The second-order valence-electron chi connectivity index (χ2n) is 10.5. The van der Waals surface area contributed by atoms with Gasteiger partial charge in [0.15, 0.2) is 0 Å². The maximum atomic E-state index is 12.8. The summed E-state index contributed by atoms with van der Waals surface area (Å²) >= 11 is 0. The van der Waals surface area contributed by atoms with Gasteiger partial charge in [-0.15, -0.1) is 0 Å². The Labute approximate surface area is 212 Å². The molecule has 7 nitrogen and oxygen atoms in total. The molecule has 0 radical (unpaired) electrons. The van der Waals surface area contributed by atoms with Gasteiger partial charge in [-0.2, -0.15) is 0 Å². The van der Waals surface area contributed by atoms with E-state index >= 15 is 0 Å². The normalized spacial score (nSPS) is 17.2. The Kier molecular flexibility index (Phi) is 6.85. The first-order valence-electron chi connectivity index (χ1n) is 12.1. The number of nitrogens with zero attached hydrogens (tertiary/aromatic N) is 1. The number of carbonyl (C=O) groups is 2. The largest absolute Gasteiger partial charge is 0.467 e. The Bertz CT molecular complexity index is 1290. The summed E-state index contributed by atoms with van der Waals surface area (Å²) in [5.41, 5.74) is 1.30. The van der Waals surface area contributed by atoms with Crippen LogP contribution in [0.25, 0.3) is 10.8 Å². The van der Waals surface area contributed by atoms with Crippen molar-refractivity contribution in [3.05, 3.63) is 65.7 Å². The van der Waals surface area contributed by atoms with Crippen LogP contribution in [0.1, 0.15) is 38.3 Å². The minimum absolute atomic E-state index is 0.288. The zero-order valence-electron chi connectivity index (χ0n) is 21.8. The summed E-state index contributed by atoms with van der Waals surface area (Å²) in [6, 6.07) is 18.2. The molecule has 7 heteroatoms. The molecule has 0 heterocycles. The van der Waals surface area contributed by atoms with Crippen LogP contribution in [0, 0.1) is 0 Å². The highest BCUT2D eigenvalue weighted by atomic mass is 16.6. The van der Waals surface area contributed by atoms with Crippen LogP contribution in [0.5, 0.6) is 11.5 Å². The molecule has 1 aliphatic rings. The smallest absolute Gasteiger partial charge is 0.408 e. The molecule has 0 aliphatic heterocycles. The molecule has 1 aliphatic carbocycles. The van der Waals surface area contributed by atoms with Crippen molar-refractivity contribution in [2.75, 3.05) is 26.1 Å². The van der Waals surface area contributed by atoms with E-state index in [0.717, 1.165) is 33.3 Å². The lowest BCUT2D eigenvalue weighted by Crippen LogP contribution is -2.59. The fourth-order valence-electron chi connectivity index (χ4n) is 4.55. The molecule has 3 aromatic carbocycles. The zero-order valence-corrected chi connectivity index (χ0v) is 21.8. The zero-order chi connectivity index (χ0) is 26.1. The van der Waals surface area contributed by atoms with Gasteiger partial charge in [0.2, 0.25) is 0 Å². The topological polar surface area (TPSA) is 77.1 Å². The predicted molar refractivity (Wildman–Crippen MR) is 141 cm³/mol. The molecule has 1 atom stereocenters. The first-order chi connectivity index (χ1) is 17.0. The monoisotopic (exact) mass is 490 g/mol. The quantitative estimate of drug-likeness (QED) is 0.468. The molecule has 190 valence electrons. The van der Waals surface area contributed by atoms with Crippen LogP contribution in [-0.4, -0.2) is 44.4 Å². The van der Waals surface area contributed by atoms with E-state index in [-0.39, 0.29) is 6.42 Å². The van der Waals surface area contributed by atoms with Crippen molar-refractivity contribution in [2.24, 2.45) is 0 Å². The van der Waals surface area contributed by atoms with E-state index in [9.17, 15) is 9.59 Å². The van der Waals surface area contributed by atoms with E-state index in [1.807, 2.05) is 50.5 Å². The third-order valence-corrected chi connectivity index (χ3v) is 6.35. The van der Waals surface area contributed by atoms with E-state index in [4.69, 9.17) is 14.2 Å². The molecule has 0 bridgehead atoms. The van der Waals surface area contributed by atoms with E-state index in [2.05, 4.69) is 28.4 Å². The van der Waals surface area contributed by atoms with Gasteiger partial charge in [-0.1, -0.05) is 18.2 Å². The van der Waals surface area contributed by atoms with Gasteiger partial charge in [-0.25, -0.2) is 9.59 Å². The third-order valence-electron chi connectivity index (χ3n) is 6.35. The number of benzene rings is 3. The fraction of sp³-hybridized carbons (Fsp3) is 0.379. The van der Waals surface area contributed by atoms with Crippen LogP contribution in [0.2, 0.25) is 0 Å². The number of ether oxygens (including phenoxy) is 3. The summed E-state index contributed by atoms with van der Waals surface area (Å²) in [7, 11) is 5.37. The van der Waals surface area contributed by atoms with E-state index in [1.54, 1.807) is 20.8 Å². The van der Waals surface area contributed by atoms with E-state index in [1.165, 1.54) is 7.11 Å². The molecular weight excluding hydrogens is 456 g/mol. The third kappa shape index (κ3) is 5.56. The average Bonchev–Trinajstić information content (AvgIpc) is 2.81. The molecule has 4 rings (SSSR count). The van der Waals surface area contributed by atoms with Crippen molar-refractivity contribution in [3.8, 4) is 11.5 Å². The summed E-state index contributed by atoms with van der Waals surface area (Å²) in [6.45, 7) is 5.35. The molecular formula is C29H34N2O5. The lowest BCUT2D eigenvalue weighted by Gasteiger charge is -2.36. The number of alkyl carbamates (subject to hydrolysis) is 1. The molecule has 0 fully saturated rings. The first-order valence-corrected chi connectivity index (χ1v) is 12.1. The van der Waals surface area contributed by atoms with Crippen molar-refractivity contribution in [3.63, 3.8) is 0 Å². The summed E-state index contributed by atoms with van der Waals surface area (Å²) in [6.07, 6.45) is 0.685. The maximum absolute atomic E-state index is 12.8. The van der Waals surface area contributed by atoms with Gasteiger partial charge >= 0.3 is 12.1 Å². The van der Waals surface area contributed by atoms with Gasteiger partial charge < -0.3 is 24.4 Å². The predicted octanol–water partition coefficient (Wildman–Crippen LogP) is 5.62. The Balaban J connectivity index is 1.57. The Morgan fingerprint density at radius 2 is 1.58 bits per heavy atom. The van der Waals surface area contributed by atoms with Crippen LogP contribution in [0.15, 0.2) is 54.6 Å². The van der Waals surface area contributed by atoms with Gasteiger partial charge in [-0.05, 0) is 91.9 Å². The number of nitrogens with one attached hydrogen (secondary N) is 1. The number of esters is 1. The standard InChI is InChI=1S/C29H34N2O5/c1-28(2,3)36-27(33)30-29(26(32)34-6)14-13-19-8-11-25(17-22(19)18-29)35-24-12-9-20-15-23(31(4)5)10-7-21(20)16-24/h7-12,15-17H,13-14,18H2,1-6H3,(H,30,33). The number of fused-ring (bicyclic) bond motifs is 2. The van der Waals surface area contributed by atoms with Crippen molar-refractivity contribution in [2.45, 2.75) is 51.2 Å². The molecule has 3 aromatic rings. The van der Waals surface area contributed by atoms with Gasteiger partial charge in [0.05, 0.1) is 7.11 Å². The highest BCUT2D eigenvalue weighted by Crippen LogP contribution is 2.34. The van der Waals surface area contributed by atoms with Gasteiger partial charge in [0.25, 0.3) is 0 Å². The van der Waals surface area contributed by atoms with Crippen LogP contribution in [0.3, 0.4) is 0 Å². The molecule has 36 heavy (non-hydrogen) atoms. The summed E-state index contributed by atoms with van der Waals surface area (Å²) in [4.78, 5) is 27.5. The van der Waals surface area contributed by atoms with E-state index in [0.29, 0.717) is 18.6 Å². The maximum Gasteiger partial charge on any atom is 0.408 e. The number of methoxy groups -OCH3 is 1. The van der Waals surface area contributed by atoms with E-state index < -0.39 is 23.2 Å². The molecule has 0 saturated carbocycles. The van der Waals surface area contributed by atoms with Crippen LogP contribution in [-0.2, 0) is 27.1 Å². The average molecular weight is 491 g/mol. The van der Waals surface area contributed by atoms with Crippen LogP contribution in [0.4, 0.5) is 10.5 Å². The lowest BCUT2D eigenvalue weighted by atomic mass is 9.78. The van der Waals surface area contributed by atoms with Crippen LogP contribution < -0.4 is 15.0 Å². The van der Waals surface area contributed by atoms with Gasteiger partial charge in [0, 0.05) is 26.2 Å². The number of hydrogen-bond donors (Lipinski definition) is 1. The highest BCUT2D eigenvalue weighted by molar-refractivity contribution is 5.88. The summed E-state index contributed by atoms with van der Waals surface area (Å²) < 4.78 is 16.7. The molecule has 1 N–H and O–H groups in total. The van der Waals surface area contributed by atoms with Gasteiger partial charge in [0.1, 0.15) is 22.6 Å². The molecule has 1 unspecified atom stereocenters. The van der Waals surface area contributed by atoms with Crippen LogP contribution >= 0.6 is 0 Å². The SMILES string of the molecule is COC(=O)C1(NC(=O)OC(C)(C)C)CCc2ccc(Oc3ccc4cc(N(C)C)ccc4c3)cc2C1. The van der Waals surface area contributed by atoms with Crippen molar-refractivity contribution in [1.82, 2.24) is 5.32 Å². The highest BCUT2D eigenvalue weighted by Gasteiger charge is 2.44. The number of amides is 1. The molecule has 0 saturated heterocycles. The van der Waals surface area contributed by atoms with Crippen molar-refractivity contribution >= 4 is 28.5 Å². The minimum Gasteiger partial charge on any atom is -0.467 e. The number of rotatable bonds is 5. The van der Waals surface area contributed by atoms with Crippen molar-refractivity contribution in [1.29, 1.82) is 0 Å². The number of anilines is 1. The number of hydrogen-bond acceptors (Lipinski definition) is 6. The number of carbonyl (C=O) groups excluding carboxylic acids is 2. The second-order valence-corrected chi connectivity index (χ2v) is 10.5. The minimum atomic E-state index is -1.20.